The van der Waals surface area contributed by atoms with Crippen LogP contribution in [-0.4, -0.2) is 56.1 Å². The molecule has 4 heteroatoms. The molecule has 2 N–H and O–H groups in total. The Morgan fingerprint density at radius 2 is 1.00 bits per heavy atom. The standard InChI is InChI=1S/Bi.H2O.Sb.Zn.6H/h;1H2;;;;;;;;. The van der Waals surface area contributed by atoms with Crippen molar-refractivity contribution in [1.29, 1.82) is 0 Å². The van der Waals surface area contributed by atoms with Gasteiger partial charge in [0.05, 0.1) is 0 Å². The second-order valence-corrected chi connectivity index (χ2v) is 0. The topological polar surface area (TPSA) is 31.5 Å². The van der Waals surface area contributed by atoms with E-state index in [9.17, 15) is 0 Å². The smallest absolute Gasteiger partial charge is 0 e. The predicted molar refractivity (Wildman–Crippen MR) is 23.5 cm³/mol. The molecule has 0 aromatic heterocycles. The first-order valence-corrected chi connectivity index (χ1v) is 0. The normalized spacial score (nSPS) is 0. The van der Waals surface area contributed by atoms with Crippen molar-refractivity contribution in [1.82, 2.24) is 0 Å². The quantitative estimate of drug-likeness (QED) is 0.370. The van der Waals surface area contributed by atoms with Crippen LogP contribution in [0.3, 0.4) is 0 Å². The van der Waals surface area contributed by atoms with Gasteiger partial charge in [0.15, 0.2) is 0 Å². The molecule has 0 spiro atoms. The molecule has 0 aliphatic carbocycles. The Kier molecular flexibility index (Phi) is 156. The van der Waals surface area contributed by atoms with Gasteiger partial charge in [0, 0.05) is 19.5 Å². The summed E-state index contributed by atoms with van der Waals surface area (Å²) in [5.41, 5.74) is 0. The van der Waals surface area contributed by atoms with Gasteiger partial charge in [0.25, 0.3) is 0 Å². The van der Waals surface area contributed by atoms with E-state index < -0.39 is 0 Å². The molecule has 0 saturated heterocycles. The van der Waals surface area contributed by atoms with Crippen LogP contribution in [0.5, 0.6) is 0 Å². The molecule has 0 aromatic carbocycles. The summed E-state index contributed by atoms with van der Waals surface area (Å²) in [6.45, 7) is 0. The summed E-state index contributed by atoms with van der Waals surface area (Å²) in [5, 5.41) is 0. The van der Waals surface area contributed by atoms with Gasteiger partial charge >= 0.3 is 50.6 Å². The molecule has 0 amide bonds. The molecule has 0 rings (SSSR count). The first-order chi connectivity index (χ1) is 0. The van der Waals surface area contributed by atoms with Crippen molar-refractivity contribution in [3.05, 3.63) is 0 Å². The van der Waals surface area contributed by atoms with Crippen LogP contribution in [0.2, 0.25) is 0 Å². The van der Waals surface area contributed by atoms with Crippen molar-refractivity contribution in [2.45, 2.75) is 0 Å². The van der Waals surface area contributed by atoms with E-state index in [0.717, 1.165) is 0 Å². The van der Waals surface area contributed by atoms with Gasteiger partial charge in [-0.05, 0) is 0 Å². The monoisotopic (exact) mass is 418 g/mol. The molecule has 0 atom stereocenters. The fourth-order valence-electron chi connectivity index (χ4n) is 0. The maximum atomic E-state index is 0. The molecule has 0 aromatic rings. The Labute approximate surface area is 74.6 Å². The molecule has 0 aliphatic heterocycles. The van der Waals surface area contributed by atoms with E-state index in [4.69, 9.17) is 0 Å². The van der Waals surface area contributed by atoms with Gasteiger partial charge < -0.3 is 5.48 Å². The largest absolute Gasteiger partial charge is 0 e. The van der Waals surface area contributed by atoms with Gasteiger partial charge in [-0.25, -0.2) is 0 Å². The van der Waals surface area contributed by atoms with Crippen LogP contribution in [-0.2, 0) is 19.5 Å². The molecule has 1 nitrogen and oxygen atoms in total. The number of hydrogen-bond donors (Lipinski definition) is 0. The molecule has 0 bridgehead atoms. The van der Waals surface area contributed by atoms with Gasteiger partial charge in [0.2, 0.25) is 0 Å². The van der Waals surface area contributed by atoms with Crippen molar-refractivity contribution in [3.8, 4) is 0 Å². The van der Waals surface area contributed by atoms with Crippen LogP contribution in [0.1, 0.15) is 0 Å². The summed E-state index contributed by atoms with van der Waals surface area (Å²) < 4.78 is 0. The van der Waals surface area contributed by atoms with Crippen LogP contribution in [0.25, 0.3) is 0 Å². The zero-order valence-corrected chi connectivity index (χ0v) is 15.1. The molecule has 26 valence electrons. The maximum absolute atomic E-state index is 0. The second-order valence-electron chi connectivity index (χ2n) is 0. The SMILES string of the molecule is O.[BiH3].[SbH3].[Zn]. The molecule has 4 heavy (non-hydrogen) atoms. The van der Waals surface area contributed by atoms with E-state index in [1.54, 1.807) is 0 Å². The van der Waals surface area contributed by atoms with E-state index in [-0.39, 0.29) is 75.6 Å². The first-order valence-electron chi connectivity index (χ1n) is 0. The van der Waals surface area contributed by atoms with Gasteiger partial charge in [-0.15, -0.1) is 0 Å². The van der Waals surface area contributed by atoms with E-state index in [1.807, 2.05) is 0 Å². The fourth-order valence-corrected chi connectivity index (χ4v) is 0. The summed E-state index contributed by atoms with van der Waals surface area (Å²) in [5.74, 6) is 0. The predicted octanol–water partition coefficient (Wildman–Crippen LogP) is -3.20. The minimum absolute atomic E-state index is 0. The zero-order chi connectivity index (χ0) is 0. The minimum atomic E-state index is 0. The molecule has 0 aliphatic rings. The average molecular weight is 420 g/mol. The third kappa shape index (κ3) is 8.86. The maximum Gasteiger partial charge on any atom is 0 e. The average Bonchev–Trinajstić information content (AvgIpc) is 0. The Morgan fingerprint density at radius 1 is 1.00 bits per heavy atom. The molecule has 0 heterocycles. The summed E-state index contributed by atoms with van der Waals surface area (Å²) in [6.07, 6.45) is 0. The van der Waals surface area contributed by atoms with Gasteiger partial charge in [-0.1, -0.05) is 0 Å². The molecular weight excluding hydrogens is 412 g/mol. The number of hydrogen-bond acceptors (Lipinski definition) is 0. The van der Waals surface area contributed by atoms with Crippen LogP contribution in [0, 0.1) is 0 Å². The first kappa shape index (κ1) is 33.6. The van der Waals surface area contributed by atoms with Crippen LogP contribution >= 0.6 is 0 Å². The molecular formula is H8BiOSbZn. The Bertz CT molecular complexity index is 8.00. The third-order valence-corrected chi connectivity index (χ3v) is 0. The minimum Gasteiger partial charge on any atom is 0 e. The van der Waals surface area contributed by atoms with E-state index in [0.29, 0.717) is 0 Å². The van der Waals surface area contributed by atoms with Crippen molar-refractivity contribution in [2.24, 2.45) is 0 Å². The Morgan fingerprint density at radius 3 is 1.00 bits per heavy atom. The Balaban J connectivity index is 0. The molecule has 0 fully saturated rings. The summed E-state index contributed by atoms with van der Waals surface area (Å²) in [6, 6.07) is 0. The number of rotatable bonds is 0. The van der Waals surface area contributed by atoms with E-state index in [2.05, 4.69) is 0 Å². The van der Waals surface area contributed by atoms with Crippen molar-refractivity contribution in [3.63, 3.8) is 0 Å². The Hall–Kier alpha value is 2.28. The van der Waals surface area contributed by atoms with Crippen molar-refractivity contribution >= 4 is 50.6 Å². The third-order valence-electron chi connectivity index (χ3n) is 0. The van der Waals surface area contributed by atoms with Crippen molar-refractivity contribution in [2.75, 3.05) is 0 Å². The molecule has 0 unspecified atom stereocenters. The van der Waals surface area contributed by atoms with Crippen LogP contribution < -0.4 is 0 Å². The van der Waals surface area contributed by atoms with Gasteiger partial charge in [0.1, 0.15) is 0 Å². The molecule has 0 saturated carbocycles. The summed E-state index contributed by atoms with van der Waals surface area (Å²) >= 11 is 0. The van der Waals surface area contributed by atoms with Gasteiger partial charge in [-0.2, -0.15) is 0 Å². The second kappa shape index (κ2) is 18.6. The fraction of sp³-hybridized carbons (Fsp3) is 0. The zero-order valence-electron chi connectivity index (χ0n) is 2.62. The van der Waals surface area contributed by atoms with Gasteiger partial charge in [-0.3, -0.25) is 0 Å². The van der Waals surface area contributed by atoms with Crippen LogP contribution in [0.15, 0.2) is 0 Å². The summed E-state index contributed by atoms with van der Waals surface area (Å²) in [4.78, 5) is 0. The van der Waals surface area contributed by atoms with E-state index >= 15 is 0 Å². The van der Waals surface area contributed by atoms with Crippen LogP contribution in [0.4, 0.5) is 0 Å². The van der Waals surface area contributed by atoms with Crippen molar-refractivity contribution < 1.29 is 25.0 Å². The molecule has 0 radical (unpaired) electrons. The summed E-state index contributed by atoms with van der Waals surface area (Å²) in [7, 11) is 0. The van der Waals surface area contributed by atoms with E-state index in [1.165, 1.54) is 0 Å².